The van der Waals surface area contributed by atoms with Gasteiger partial charge in [0.2, 0.25) is 5.88 Å². The molecule has 3 aromatic rings. The molecule has 0 aliphatic carbocycles. The van der Waals surface area contributed by atoms with Crippen molar-refractivity contribution < 1.29 is 14.4 Å². The van der Waals surface area contributed by atoms with E-state index in [-0.39, 0.29) is 5.69 Å². The SMILES string of the molecule is COc1cccc(Oc2cc(C)nc(SCc3cccc([N+](=O)[O-])c3)n2)c1. The molecule has 2 aromatic carbocycles. The van der Waals surface area contributed by atoms with E-state index in [1.54, 1.807) is 31.4 Å². The molecule has 0 fully saturated rings. The normalized spacial score (nSPS) is 10.4. The Balaban J connectivity index is 1.73. The van der Waals surface area contributed by atoms with E-state index in [1.807, 2.05) is 31.2 Å². The number of nitro benzene ring substituents is 1. The average molecular weight is 383 g/mol. The van der Waals surface area contributed by atoms with Gasteiger partial charge in [-0.25, -0.2) is 4.98 Å². The van der Waals surface area contributed by atoms with Gasteiger partial charge >= 0.3 is 0 Å². The van der Waals surface area contributed by atoms with Crippen molar-refractivity contribution >= 4 is 17.4 Å². The summed E-state index contributed by atoms with van der Waals surface area (Å²) in [5.74, 6) is 2.25. The van der Waals surface area contributed by atoms with Crippen molar-refractivity contribution in [3.8, 4) is 17.4 Å². The molecule has 138 valence electrons. The van der Waals surface area contributed by atoms with Crippen molar-refractivity contribution in [2.24, 2.45) is 0 Å². The van der Waals surface area contributed by atoms with E-state index in [0.717, 1.165) is 11.3 Å². The molecule has 7 nitrogen and oxygen atoms in total. The maximum absolute atomic E-state index is 10.9. The van der Waals surface area contributed by atoms with Crippen LogP contribution < -0.4 is 9.47 Å². The van der Waals surface area contributed by atoms with Gasteiger partial charge in [-0.1, -0.05) is 30.0 Å². The number of non-ortho nitro benzene ring substituents is 1. The van der Waals surface area contributed by atoms with Gasteiger partial charge in [-0.3, -0.25) is 10.1 Å². The van der Waals surface area contributed by atoms with Crippen molar-refractivity contribution in [3.05, 3.63) is 76.0 Å². The van der Waals surface area contributed by atoms with E-state index in [9.17, 15) is 10.1 Å². The lowest BCUT2D eigenvalue weighted by molar-refractivity contribution is -0.384. The number of nitrogens with zero attached hydrogens (tertiary/aromatic N) is 3. The number of aryl methyl sites for hydroxylation is 1. The molecule has 0 amide bonds. The number of aromatic nitrogens is 2. The zero-order valence-corrected chi connectivity index (χ0v) is 15.6. The Hall–Kier alpha value is -3.13. The minimum Gasteiger partial charge on any atom is -0.497 e. The molecule has 0 saturated carbocycles. The van der Waals surface area contributed by atoms with Gasteiger partial charge < -0.3 is 9.47 Å². The minimum atomic E-state index is -0.405. The number of thioether (sulfide) groups is 1. The third kappa shape index (κ3) is 5.18. The Bertz CT molecular complexity index is 965. The summed E-state index contributed by atoms with van der Waals surface area (Å²) in [6, 6.07) is 15.5. The van der Waals surface area contributed by atoms with Gasteiger partial charge in [-0.05, 0) is 24.6 Å². The molecule has 1 aromatic heterocycles. The van der Waals surface area contributed by atoms with Crippen LogP contribution in [0.15, 0.2) is 59.8 Å². The Morgan fingerprint density at radius 3 is 2.63 bits per heavy atom. The van der Waals surface area contributed by atoms with Crippen molar-refractivity contribution in [1.82, 2.24) is 9.97 Å². The van der Waals surface area contributed by atoms with Crippen LogP contribution in [0.4, 0.5) is 5.69 Å². The van der Waals surface area contributed by atoms with E-state index < -0.39 is 4.92 Å². The smallest absolute Gasteiger partial charge is 0.269 e. The van der Waals surface area contributed by atoms with Gasteiger partial charge in [0, 0.05) is 35.7 Å². The summed E-state index contributed by atoms with van der Waals surface area (Å²) in [5.41, 5.74) is 1.67. The average Bonchev–Trinajstić information content (AvgIpc) is 2.66. The van der Waals surface area contributed by atoms with Crippen LogP contribution in [0, 0.1) is 17.0 Å². The molecular weight excluding hydrogens is 366 g/mol. The van der Waals surface area contributed by atoms with Crippen molar-refractivity contribution in [1.29, 1.82) is 0 Å². The monoisotopic (exact) mass is 383 g/mol. The van der Waals surface area contributed by atoms with Crippen LogP contribution in [0.5, 0.6) is 17.4 Å². The maximum Gasteiger partial charge on any atom is 0.269 e. The largest absolute Gasteiger partial charge is 0.497 e. The van der Waals surface area contributed by atoms with Crippen LogP contribution in [0.3, 0.4) is 0 Å². The molecule has 0 spiro atoms. The Morgan fingerprint density at radius 2 is 1.85 bits per heavy atom. The van der Waals surface area contributed by atoms with Crippen LogP contribution in [0.25, 0.3) is 0 Å². The van der Waals surface area contributed by atoms with E-state index in [2.05, 4.69) is 9.97 Å². The van der Waals surface area contributed by atoms with E-state index in [1.165, 1.54) is 17.8 Å². The quantitative estimate of drug-likeness (QED) is 0.251. The number of hydrogen-bond donors (Lipinski definition) is 0. The topological polar surface area (TPSA) is 87.4 Å². The fraction of sp³-hybridized carbons (Fsp3) is 0.158. The fourth-order valence-corrected chi connectivity index (χ4v) is 3.16. The van der Waals surface area contributed by atoms with Crippen molar-refractivity contribution in [2.45, 2.75) is 17.8 Å². The third-order valence-corrected chi connectivity index (χ3v) is 4.48. The molecule has 0 atom stereocenters. The summed E-state index contributed by atoms with van der Waals surface area (Å²) in [5, 5.41) is 11.4. The van der Waals surface area contributed by atoms with Crippen LogP contribution in [0.2, 0.25) is 0 Å². The van der Waals surface area contributed by atoms with Gasteiger partial charge in [0.25, 0.3) is 5.69 Å². The molecule has 0 unspecified atom stereocenters. The molecule has 27 heavy (non-hydrogen) atoms. The summed E-state index contributed by atoms with van der Waals surface area (Å²) in [7, 11) is 1.59. The molecule has 0 aliphatic heterocycles. The summed E-state index contributed by atoms with van der Waals surface area (Å²) in [4.78, 5) is 19.3. The highest BCUT2D eigenvalue weighted by molar-refractivity contribution is 7.98. The van der Waals surface area contributed by atoms with Gasteiger partial charge in [0.15, 0.2) is 5.16 Å². The fourth-order valence-electron chi connectivity index (χ4n) is 2.32. The predicted octanol–water partition coefficient (Wildman–Crippen LogP) is 4.79. The highest BCUT2D eigenvalue weighted by atomic mass is 32.2. The number of benzene rings is 2. The zero-order valence-electron chi connectivity index (χ0n) is 14.8. The lowest BCUT2D eigenvalue weighted by Crippen LogP contribution is -1.96. The second-order valence-electron chi connectivity index (χ2n) is 5.63. The van der Waals surface area contributed by atoms with Crippen LogP contribution >= 0.6 is 11.8 Å². The van der Waals surface area contributed by atoms with Crippen LogP contribution in [-0.2, 0) is 5.75 Å². The Labute approximate surface area is 160 Å². The first kappa shape index (κ1) is 18.7. The molecule has 0 radical (unpaired) electrons. The molecule has 3 rings (SSSR count). The van der Waals surface area contributed by atoms with Crippen LogP contribution in [0.1, 0.15) is 11.3 Å². The molecule has 8 heteroatoms. The van der Waals surface area contributed by atoms with Crippen molar-refractivity contribution in [2.75, 3.05) is 7.11 Å². The summed E-state index contributed by atoms with van der Waals surface area (Å²) in [6.45, 7) is 1.86. The van der Waals surface area contributed by atoms with Gasteiger partial charge in [0.1, 0.15) is 11.5 Å². The molecule has 0 N–H and O–H groups in total. The van der Waals surface area contributed by atoms with Crippen molar-refractivity contribution in [3.63, 3.8) is 0 Å². The molecule has 0 saturated heterocycles. The van der Waals surface area contributed by atoms with Crippen LogP contribution in [-0.4, -0.2) is 22.0 Å². The van der Waals surface area contributed by atoms with E-state index >= 15 is 0 Å². The van der Waals surface area contributed by atoms with Gasteiger partial charge in [0.05, 0.1) is 12.0 Å². The Morgan fingerprint density at radius 1 is 1.07 bits per heavy atom. The first-order chi connectivity index (χ1) is 13.0. The molecule has 1 heterocycles. The van der Waals surface area contributed by atoms with E-state index in [0.29, 0.717) is 28.3 Å². The number of methoxy groups -OCH3 is 1. The number of rotatable bonds is 7. The Kier molecular flexibility index (Phi) is 5.87. The van der Waals surface area contributed by atoms with Gasteiger partial charge in [-0.2, -0.15) is 4.98 Å². The van der Waals surface area contributed by atoms with Gasteiger partial charge in [-0.15, -0.1) is 0 Å². The first-order valence-electron chi connectivity index (χ1n) is 8.07. The standard InChI is InChI=1S/C19H17N3O4S/c1-13-9-18(26-17-8-4-7-16(11-17)25-2)21-19(20-13)27-12-14-5-3-6-15(10-14)22(23)24/h3-11H,12H2,1-2H3. The number of nitro groups is 1. The third-order valence-electron chi connectivity index (χ3n) is 3.56. The summed E-state index contributed by atoms with van der Waals surface area (Å²) in [6.07, 6.45) is 0. The highest BCUT2D eigenvalue weighted by Gasteiger charge is 2.09. The highest BCUT2D eigenvalue weighted by Crippen LogP contribution is 2.27. The number of ether oxygens (including phenoxy) is 2. The predicted molar refractivity (Wildman–Crippen MR) is 102 cm³/mol. The zero-order chi connectivity index (χ0) is 19.2. The lowest BCUT2D eigenvalue weighted by Gasteiger charge is -2.08. The first-order valence-corrected chi connectivity index (χ1v) is 9.06. The second kappa shape index (κ2) is 8.50. The minimum absolute atomic E-state index is 0.0697. The molecule has 0 aliphatic rings. The maximum atomic E-state index is 10.9. The lowest BCUT2D eigenvalue weighted by atomic mass is 10.2. The number of hydrogen-bond acceptors (Lipinski definition) is 7. The summed E-state index contributed by atoms with van der Waals surface area (Å²) >= 11 is 1.39. The summed E-state index contributed by atoms with van der Waals surface area (Å²) < 4.78 is 11.0. The second-order valence-corrected chi connectivity index (χ2v) is 6.57. The van der Waals surface area contributed by atoms with E-state index in [4.69, 9.17) is 9.47 Å². The molecular formula is C19H17N3O4S. The molecule has 0 bridgehead atoms.